The van der Waals surface area contributed by atoms with Gasteiger partial charge >= 0.3 is 0 Å². The van der Waals surface area contributed by atoms with Gasteiger partial charge in [-0.25, -0.2) is 4.98 Å². The Balaban J connectivity index is 2.08. The summed E-state index contributed by atoms with van der Waals surface area (Å²) in [6, 6.07) is 0. The van der Waals surface area contributed by atoms with Gasteiger partial charge in [-0.3, -0.25) is 0 Å². The third kappa shape index (κ3) is 1.62. The summed E-state index contributed by atoms with van der Waals surface area (Å²) < 4.78 is 5.25. The van der Waals surface area contributed by atoms with Gasteiger partial charge in [-0.1, -0.05) is 11.6 Å². The van der Waals surface area contributed by atoms with E-state index in [9.17, 15) is 0 Å². The summed E-state index contributed by atoms with van der Waals surface area (Å²) in [4.78, 5) is 7.24. The van der Waals surface area contributed by atoms with Gasteiger partial charge in [0.25, 0.3) is 0 Å². The molecule has 4 heteroatoms. The second-order valence-electron chi connectivity index (χ2n) is 3.00. The van der Waals surface area contributed by atoms with Gasteiger partial charge in [0, 0.05) is 19.1 Å². The SMILES string of the molecule is Clc1cnc(C2CCOCC2)[nH]1. The third-order valence-electron chi connectivity index (χ3n) is 2.17. The fourth-order valence-electron chi connectivity index (χ4n) is 1.49. The van der Waals surface area contributed by atoms with Crippen LogP contribution in [0.5, 0.6) is 0 Å². The standard InChI is InChI=1S/C8H11ClN2O/c9-7-5-10-8(11-7)6-1-3-12-4-2-6/h5-6H,1-4H2,(H,10,11). The van der Waals surface area contributed by atoms with Gasteiger partial charge in [0.1, 0.15) is 11.0 Å². The van der Waals surface area contributed by atoms with Gasteiger partial charge in [-0.15, -0.1) is 0 Å². The van der Waals surface area contributed by atoms with Crippen LogP contribution in [0.15, 0.2) is 6.20 Å². The molecule has 2 rings (SSSR count). The van der Waals surface area contributed by atoms with Crippen LogP contribution in [0.3, 0.4) is 0 Å². The van der Waals surface area contributed by atoms with E-state index in [1.807, 2.05) is 0 Å². The molecular formula is C8H11ClN2O. The molecular weight excluding hydrogens is 176 g/mol. The van der Waals surface area contributed by atoms with Crippen molar-refractivity contribution in [2.24, 2.45) is 0 Å². The first-order valence-electron chi connectivity index (χ1n) is 4.14. The first kappa shape index (κ1) is 8.08. The minimum atomic E-state index is 0.506. The molecule has 1 fully saturated rings. The molecule has 1 aromatic heterocycles. The number of aromatic nitrogens is 2. The van der Waals surface area contributed by atoms with E-state index >= 15 is 0 Å². The molecule has 1 N–H and O–H groups in total. The van der Waals surface area contributed by atoms with Gasteiger partial charge in [-0.05, 0) is 12.8 Å². The lowest BCUT2D eigenvalue weighted by Crippen LogP contribution is -2.15. The molecule has 0 saturated carbocycles. The summed E-state index contributed by atoms with van der Waals surface area (Å²) in [7, 11) is 0. The number of H-pyrrole nitrogens is 1. The summed E-state index contributed by atoms with van der Waals surface area (Å²) in [6.07, 6.45) is 3.75. The second-order valence-corrected chi connectivity index (χ2v) is 3.41. The third-order valence-corrected chi connectivity index (χ3v) is 2.36. The molecule has 0 radical (unpaired) electrons. The maximum Gasteiger partial charge on any atom is 0.126 e. The average Bonchev–Trinajstić information content (AvgIpc) is 2.54. The van der Waals surface area contributed by atoms with Crippen molar-refractivity contribution in [2.75, 3.05) is 13.2 Å². The molecule has 12 heavy (non-hydrogen) atoms. The Labute approximate surface area is 76.1 Å². The number of rotatable bonds is 1. The maximum atomic E-state index is 5.73. The number of halogens is 1. The number of hydrogen-bond donors (Lipinski definition) is 1. The Morgan fingerprint density at radius 3 is 2.83 bits per heavy atom. The fourth-order valence-corrected chi connectivity index (χ4v) is 1.64. The molecule has 0 spiro atoms. The minimum absolute atomic E-state index is 0.506. The first-order chi connectivity index (χ1) is 5.86. The Morgan fingerprint density at radius 1 is 1.50 bits per heavy atom. The summed E-state index contributed by atoms with van der Waals surface area (Å²) >= 11 is 5.73. The van der Waals surface area contributed by atoms with Crippen molar-refractivity contribution in [1.29, 1.82) is 0 Å². The van der Waals surface area contributed by atoms with Crippen molar-refractivity contribution in [1.82, 2.24) is 9.97 Å². The normalized spacial score (nSPS) is 19.8. The van der Waals surface area contributed by atoms with Gasteiger partial charge in [0.05, 0.1) is 6.20 Å². The molecule has 3 nitrogen and oxygen atoms in total. The predicted octanol–water partition coefficient (Wildman–Crippen LogP) is 1.96. The maximum absolute atomic E-state index is 5.73. The molecule has 0 aromatic carbocycles. The lowest BCUT2D eigenvalue weighted by atomic mass is 10.00. The number of nitrogens with zero attached hydrogens (tertiary/aromatic N) is 1. The van der Waals surface area contributed by atoms with E-state index in [-0.39, 0.29) is 0 Å². The second kappa shape index (κ2) is 3.46. The predicted molar refractivity (Wildman–Crippen MR) is 46.4 cm³/mol. The number of nitrogens with one attached hydrogen (secondary N) is 1. The van der Waals surface area contributed by atoms with E-state index in [1.165, 1.54) is 0 Å². The zero-order valence-corrected chi connectivity index (χ0v) is 7.47. The highest BCUT2D eigenvalue weighted by Crippen LogP contribution is 2.24. The molecule has 2 heterocycles. The molecule has 0 bridgehead atoms. The van der Waals surface area contributed by atoms with Crippen molar-refractivity contribution in [3.63, 3.8) is 0 Å². The van der Waals surface area contributed by atoms with E-state index in [2.05, 4.69) is 9.97 Å². The molecule has 1 aliphatic rings. The van der Waals surface area contributed by atoms with Crippen LogP contribution in [-0.2, 0) is 4.74 Å². The molecule has 66 valence electrons. The zero-order valence-electron chi connectivity index (χ0n) is 6.72. The molecule has 0 unspecified atom stereocenters. The van der Waals surface area contributed by atoms with Crippen LogP contribution in [0.25, 0.3) is 0 Å². The zero-order chi connectivity index (χ0) is 8.39. The molecule has 0 atom stereocenters. The Morgan fingerprint density at radius 2 is 2.25 bits per heavy atom. The number of aromatic amines is 1. The number of imidazole rings is 1. The lowest BCUT2D eigenvalue weighted by molar-refractivity contribution is 0.0837. The van der Waals surface area contributed by atoms with Crippen LogP contribution in [0.1, 0.15) is 24.6 Å². The van der Waals surface area contributed by atoms with E-state index < -0.39 is 0 Å². The topological polar surface area (TPSA) is 37.9 Å². The van der Waals surface area contributed by atoms with Crippen LogP contribution < -0.4 is 0 Å². The quantitative estimate of drug-likeness (QED) is 0.728. The van der Waals surface area contributed by atoms with Crippen LogP contribution in [0, 0.1) is 0 Å². The monoisotopic (exact) mass is 186 g/mol. The number of ether oxygens (including phenoxy) is 1. The van der Waals surface area contributed by atoms with Gasteiger partial charge in [0.2, 0.25) is 0 Å². The van der Waals surface area contributed by atoms with Crippen molar-refractivity contribution in [2.45, 2.75) is 18.8 Å². The van der Waals surface area contributed by atoms with Crippen molar-refractivity contribution < 1.29 is 4.74 Å². The van der Waals surface area contributed by atoms with Crippen LogP contribution in [0.2, 0.25) is 5.15 Å². The van der Waals surface area contributed by atoms with Gasteiger partial charge in [0.15, 0.2) is 0 Å². The van der Waals surface area contributed by atoms with E-state index in [1.54, 1.807) is 6.20 Å². The molecule has 0 amide bonds. The highest BCUT2D eigenvalue weighted by Gasteiger charge is 2.18. The summed E-state index contributed by atoms with van der Waals surface area (Å²) in [6.45, 7) is 1.67. The highest BCUT2D eigenvalue weighted by atomic mass is 35.5. The van der Waals surface area contributed by atoms with Crippen molar-refractivity contribution in [3.05, 3.63) is 17.2 Å². The van der Waals surface area contributed by atoms with Gasteiger partial charge in [-0.2, -0.15) is 0 Å². The smallest absolute Gasteiger partial charge is 0.126 e. The van der Waals surface area contributed by atoms with Gasteiger partial charge < -0.3 is 9.72 Å². The summed E-state index contributed by atoms with van der Waals surface area (Å²) in [5, 5.41) is 0.622. The van der Waals surface area contributed by atoms with E-state index in [4.69, 9.17) is 16.3 Å². The lowest BCUT2D eigenvalue weighted by Gasteiger charge is -2.19. The van der Waals surface area contributed by atoms with E-state index in [0.29, 0.717) is 11.1 Å². The van der Waals surface area contributed by atoms with Crippen LogP contribution in [0.4, 0.5) is 0 Å². The van der Waals surface area contributed by atoms with E-state index in [0.717, 1.165) is 31.9 Å². The minimum Gasteiger partial charge on any atom is -0.381 e. The van der Waals surface area contributed by atoms with Crippen molar-refractivity contribution in [3.8, 4) is 0 Å². The average molecular weight is 187 g/mol. The Bertz CT molecular complexity index is 255. The fraction of sp³-hybridized carbons (Fsp3) is 0.625. The number of hydrogen-bond acceptors (Lipinski definition) is 2. The van der Waals surface area contributed by atoms with Crippen LogP contribution in [-0.4, -0.2) is 23.2 Å². The highest BCUT2D eigenvalue weighted by molar-refractivity contribution is 6.29. The largest absolute Gasteiger partial charge is 0.381 e. The summed E-state index contributed by atoms with van der Waals surface area (Å²) in [5.74, 6) is 1.51. The molecule has 1 saturated heterocycles. The molecule has 1 aromatic rings. The first-order valence-corrected chi connectivity index (χ1v) is 4.52. The van der Waals surface area contributed by atoms with Crippen molar-refractivity contribution >= 4 is 11.6 Å². The Kier molecular flexibility index (Phi) is 2.33. The molecule has 1 aliphatic heterocycles. The Hall–Kier alpha value is -0.540. The summed E-state index contributed by atoms with van der Waals surface area (Å²) in [5.41, 5.74) is 0. The van der Waals surface area contributed by atoms with Crippen LogP contribution >= 0.6 is 11.6 Å². The molecule has 0 aliphatic carbocycles.